The van der Waals surface area contributed by atoms with Crippen molar-refractivity contribution >= 4 is 11.4 Å². The van der Waals surface area contributed by atoms with Gasteiger partial charge >= 0.3 is 19.5 Å². The van der Waals surface area contributed by atoms with Gasteiger partial charge in [0.05, 0.1) is 0 Å². The average molecular weight is 499 g/mol. The van der Waals surface area contributed by atoms with Crippen molar-refractivity contribution in [3.8, 4) is 0 Å². The van der Waals surface area contributed by atoms with Crippen LogP contribution in [0.15, 0.2) is 36.4 Å². The molecule has 2 aromatic rings. The maximum absolute atomic E-state index is 3.58. The number of benzene rings is 2. The smallest absolute Gasteiger partial charge is 1.00 e. The van der Waals surface area contributed by atoms with Crippen LogP contribution in [-0.2, 0) is 19.5 Å². The zero-order valence-corrected chi connectivity index (χ0v) is 20.0. The van der Waals surface area contributed by atoms with Crippen LogP contribution >= 0.6 is 0 Å². The van der Waals surface area contributed by atoms with Crippen LogP contribution in [0.5, 0.6) is 0 Å². The van der Waals surface area contributed by atoms with Crippen molar-refractivity contribution in [2.75, 3.05) is 43.9 Å². The van der Waals surface area contributed by atoms with Gasteiger partial charge in [0.15, 0.2) is 0 Å². The average Bonchev–Trinajstić information content (AvgIpc) is 2.53. The number of nitrogens with one attached hydrogen (secondary N) is 2. The molecule has 1 radical (unpaired) electrons. The van der Waals surface area contributed by atoms with Gasteiger partial charge in [0.1, 0.15) is 0 Å². The van der Waals surface area contributed by atoms with Gasteiger partial charge in [-0.3, -0.25) is 0 Å². The summed E-state index contributed by atoms with van der Waals surface area (Å²) in [6.07, 6.45) is 0. The number of aryl methyl sites for hydroxylation is 4. The summed E-state index contributed by atoms with van der Waals surface area (Å²) in [5, 5.41) is 7.15. The molecule has 0 atom stereocenters. The number of likely N-dealkylation sites (N-methyl/N-ethyl adjacent to an activating group) is 1. The van der Waals surface area contributed by atoms with Gasteiger partial charge in [-0.15, -0.1) is 0 Å². The van der Waals surface area contributed by atoms with E-state index in [4.69, 9.17) is 0 Å². The van der Waals surface area contributed by atoms with Crippen LogP contribution in [0.3, 0.4) is 0 Å². The molecule has 2 rings (SSSR count). The standard InChI is InChI=1S/C21H31N3.2ClH.Rh/c1-16-8-6-9-17(2)20(16)22-12-14-24(5)15-13-23-21-18(3)10-7-11-19(21)4;;;/h6-11,22-23H,12-15H2,1-5H3;2*1H;/q;;;+2/p-2. The van der Waals surface area contributed by atoms with Crippen LogP contribution in [0.4, 0.5) is 11.4 Å². The maximum Gasteiger partial charge on any atom is 2.00 e. The van der Waals surface area contributed by atoms with E-state index in [-0.39, 0.29) is 44.3 Å². The molecule has 0 unspecified atom stereocenters. The van der Waals surface area contributed by atoms with Gasteiger partial charge in [-0.2, -0.15) is 0 Å². The van der Waals surface area contributed by atoms with Crippen molar-refractivity contribution in [3.05, 3.63) is 58.7 Å². The van der Waals surface area contributed by atoms with E-state index >= 15 is 0 Å². The van der Waals surface area contributed by atoms with E-state index in [9.17, 15) is 0 Å². The second kappa shape index (κ2) is 14.2. The summed E-state index contributed by atoms with van der Waals surface area (Å²) in [4.78, 5) is 2.36. The molecule has 0 aliphatic heterocycles. The van der Waals surface area contributed by atoms with Crippen molar-refractivity contribution in [2.45, 2.75) is 27.7 Å². The van der Waals surface area contributed by atoms with Crippen molar-refractivity contribution in [3.63, 3.8) is 0 Å². The number of nitrogens with zero attached hydrogens (tertiary/aromatic N) is 1. The molecule has 0 amide bonds. The molecule has 6 heteroatoms. The van der Waals surface area contributed by atoms with Crippen LogP contribution in [0.25, 0.3) is 0 Å². The van der Waals surface area contributed by atoms with Gasteiger partial charge in [-0.05, 0) is 57.0 Å². The monoisotopic (exact) mass is 498 g/mol. The quantitative estimate of drug-likeness (QED) is 0.428. The fourth-order valence-electron chi connectivity index (χ4n) is 3.04. The Morgan fingerprint density at radius 2 is 0.963 bits per heavy atom. The summed E-state index contributed by atoms with van der Waals surface area (Å²) in [7, 11) is 2.18. The van der Waals surface area contributed by atoms with Crippen LogP contribution in [0.1, 0.15) is 22.3 Å². The van der Waals surface area contributed by atoms with Crippen LogP contribution in [0, 0.1) is 27.7 Å². The predicted octanol–water partition coefficient (Wildman–Crippen LogP) is -1.62. The van der Waals surface area contributed by atoms with E-state index in [0.29, 0.717) is 0 Å². The molecule has 0 fully saturated rings. The van der Waals surface area contributed by atoms with Crippen LogP contribution < -0.4 is 35.4 Å². The van der Waals surface area contributed by atoms with Gasteiger partial charge in [0.2, 0.25) is 0 Å². The van der Waals surface area contributed by atoms with Crippen LogP contribution in [-0.4, -0.2) is 38.1 Å². The third-order valence-corrected chi connectivity index (χ3v) is 4.55. The first-order chi connectivity index (χ1) is 11.5. The summed E-state index contributed by atoms with van der Waals surface area (Å²) in [5.74, 6) is 0. The van der Waals surface area contributed by atoms with E-state index in [1.807, 2.05) is 0 Å². The first-order valence-electron chi connectivity index (χ1n) is 8.77. The predicted molar refractivity (Wildman–Crippen MR) is 106 cm³/mol. The Kier molecular flexibility index (Phi) is 15.0. The zero-order valence-electron chi connectivity index (χ0n) is 16.8. The molecule has 0 heterocycles. The fourth-order valence-corrected chi connectivity index (χ4v) is 3.04. The molecule has 3 nitrogen and oxygen atoms in total. The fraction of sp³-hybridized carbons (Fsp3) is 0.429. The minimum absolute atomic E-state index is 0. The first-order valence-corrected chi connectivity index (χ1v) is 8.77. The molecule has 153 valence electrons. The second-order valence-corrected chi connectivity index (χ2v) is 6.69. The minimum atomic E-state index is 0. The minimum Gasteiger partial charge on any atom is -1.00 e. The van der Waals surface area contributed by atoms with Crippen molar-refractivity contribution < 1.29 is 44.3 Å². The summed E-state index contributed by atoms with van der Waals surface area (Å²) in [5.41, 5.74) is 7.81. The molecular weight excluding hydrogens is 468 g/mol. The maximum atomic E-state index is 3.58. The first kappa shape index (κ1) is 28.4. The van der Waals surface area contributed by atoms with Crippen LogP contribution in [0.2, 0.25) is 0 Å². The Hall–Kier alpha value is -0.797. The number of para-hydroxylation sites is 2. The molecule has 0 aliphatic rings. The van der Waals surface area contributed by atoms with Gasteiger partial charge in [0.25, 0.3) is 0 Å². The summed E-state index contributed by atoms with van der Waals surface area (Å²) in [6.45, 7) is 12.6. The van der Waals surface area contributed by atoms with Crippen molar-refractivity contribution in [2.24, 2.45) is 0 Å². The molecule has 0 bridgehead atoms. The van der Waals surface area contributed by atoms with E-state index in [2.05, 4.69) is 86.7 Å². The Bertz CT molecular complexity index is 582. The Labute approximate surface area is 190 Å². The van der Waals surface area contributed by atoms with E-state index < -0.39 is 0 Å². The molecule has 2 aromatic carbocycles. The normalized spacial score (nSPS) is 9.70. The Morgan fingerprint density at radius 3 is 1.26 bits per heavy atom. The summed E-state index contributed by atoms with van der Waals surface area (Å²) in [6, 6.07) is 12.9. The summed E-state index contributed by atoms with van der Waals surface area (Å²) >= 11 is 0. The molecule has 27 heavy (non-hydrogen) atoms. The largest absolute Gasteiger partial charge is 2.00 e. The molecule has 0 saturated heterocycles. The molecule has 0 spiro atoms. The van der Waals surface area contributed by atoms with Gasteiger partial charge in [-0.1, -0.05) is 36.4 Å². The van der Waals surface area contributed by atoms with Gasteiger partial charge in [0, 0.05) is 37.6 Å². The molecule has 2 N–H and O–H groups in total. The Balaban J connectivity index is 0. The molecule has 0 saturated carbocycles. The van der Waals surface area contributed by atoms with Crippen molar-refractivity contribution in [1.82, 2.24) is 4.90 Å². The molecule has 0 aliphatic carbocycles. The Morgan fingerprint density at radius 1 is 0.667 bits per heavy atom. The third kappa shape index (κ3) is 8.83. The number of halogens is 2. The second-order valence-electron chi connectivity index (χ2n) is 6.69. The van der Waals surface area contributed by atoms with Gasteiger partial charge in [-0.25, -0.2) is 0 Å². The number of hydrogen-bond donors (Lipinski definition) is 2. The number of anilines is 2. The number of rotatable bonds is 8. The number of hydrogen-bond acceptors (Lipinski definition) is 3. The van der Waals surface area contributed by atoms with E-state index in [1.165, 1.54) is 33.6 Å². The SMILES string of the molecule is Cc1cccc(C)c1NCCN(C)CCNc1c(C)cccc1C.[Cl-].[Cl-].[Rh+2]. The molecular formula is C21H31Cl2N3Rh. The topological polar surface area (TPSA) is 27.3 Å². The zero-order chi connectivity index (χ0) is 17.5. The van der Waals surface area contributed by atoms with Crippen molar-refractivity contribution in [1.29, 1.82) is 0 Å². The van der Waals surface area contributed by atoms with E-state index in [0.717, 1.165) is 26.2 Å². The van der Waals surface area contributed by atoms with Gasteiger partial charge < -0.3 is 40.3 Å². The van der Waals surface area contributed by atoms with E-state index in [1.54, 1.807) is 0 Å². The summed E-state index contributed by atoms with van der Waals surface area (Å²) < 4.78 is 0. The third-order valence-electron chi connectivity index (χ3n) is 4.55. The molecule has 0 aromatic heterocycles.